The van der Waals surface area contributed by atoms with Gasteiger partial charge in [0.05, 0.1) is 0 Å². The minimum atomic E-state index is 0. The van der Waals surface area contributed by atoms with Crippen molar-refractivity contribution in [3.8, 4) is 0 Å². The summed E-state index contributed by atoms with van der Waals surface area (Å²) in [5.41, 5.74) is 0. The Labute approximate surface area is 55.5 Å². The van der Waals surface area contributed by atoms with Crippen LogP contribution in [-0.4, -0.2) is 46.6 Å². The van der Waals surface area contributed by atoms with Crippen LogP contribution in [0.25, 0.3) is 0 Å². The zero-order valence-electron chi connectivity index (χ0n) is 6.35. The number of nitrogens with zero attached hydrogens (tertiary/aromatic N) is 1. The zero-order valence-corrected chi connectivity index (χ0v) is 5.51. The van der Waals surface area contributed by atoms with Gasteiger partial charge in [0.2, 0.25) is 0 Å². The molecule has 2 nitrogen and oxygen atoms in total. The molecular formula is C4H11AlN2. The molecule has 0 aromatic carbocycles. The Morgan fingerprint density at radius 1 is 1.43 bits per heavy atom. The first kappa shape index (κ1) is 5.59. The fraction of sp³-hybridized carbons (Fsp3) is 1.00. The fourth-order valence-corrected chi connectivity index (χ4v) is 0.940. The van der Waals surface area contributed by atoms with Gasteiger partial charge in [-0.3, -0.25) is 0 Å². The molecule has 7 heavy (non-hydrogen) atoms. The van der Waals surface area contributed by atoms with Crippen LogP contribution in [0.4, 0.5) is 0 Å². The van der Waals surface area contributed by atoms with Crippen molar-refractivity contribution >= 4 is 16.5 Å². The summed E-state index contributed by atoms with van der Waals surface area (Å²) >= 11 is 2.70. The summed E-state index contributed by atoms with van der Waals surface area (Å²) in [4.78, 5) is 0. The van der Waals surface area contributed by atoms with Crippen LogP contribution < -0.4 is 5.32 Å². The van der Waals surface area contributed by atoms with Crippen molar-refractivity contribution < 1.29 is 2.85 Å². The van der Waals surface area contributed by atoms with E-state index in [9.17, 15) is 0 Å². The Morgan fingerprint density at radius 3 is 2.29 bits per heavy atom. The molecule has 0 saturated carbocycles. The second kappa shape index (κ2) is 2.69. The molecular weight excluding hydrogens is 103 g/mol. The summed E-state index contributed by atoms with van der Waals surface area (Å²) < 4.78 is 2.25. The maximum Gasteiger partial charge on any atom is -1.00 e. The molecule has 0 bridgehead atoms. The zero-order chi connectivity index (χ0) is 5.11. The summed E-state index contributed by atoms with van der Waals surface area (Å²) in [6.45, 7) is 4.63. The summed E-state index contributed by atoms with van der Waals surface area (Å²) in [5, 5.41) is 3.26. The van der Waals surface area contributed by atoms with Crippen molar-refractivity contribution in [1.29, 1.82) is 0 Å². The summed E-state index contributed by atoms with van der Waals surface area (Å²) in [5.74, 6) is 0. The van der Waals surface area contributed by atoms with Crippen LogP contribution in [0.15, 0.2) is 0 Å². The minimum Gasteiger partial charge on any atom is -1.00 e. The molecule has 0 atom stereocenters. The predicted molar refractivity (Wildman–Crippen MR) is 32.4 cm³/mol. The van der Waals surface area contributed by atoms with Crippen molar-refractivity contribution in [3.05, 3.63) is 0 Å². The SMILES string of the molecule is [Al+2][N]1CCNCC1.[H-].[H-]. The first-order valence-corrected chi connectivity index (χ1v) is 3.11. The standard InChI is InChI=1S/C4H9N2.Al.2H/c1-2-6-4-3-5-1;;;/h5H,1-4H2;;;/q-1;+3;2*-1. The van der Waals surface area contributed by atoms with E-state index in [1.807, 2.05) is 0 Å². The van der Waals surface area contributed by atoms with Gasteiger partial charge in [0.25, 0.3) is 0 Å². The van der Waals surface area contributed by atoms with E-state index in [1.54, 1.807) is 0 Å². The topological polar surface area (TPSA) is 15.3 Å². The third-order valence-corrected chi connectivity index (χ3v) is 1.67. The van der Waals surface area contributed by atoms with Gasteiger partial charge in [-0.05, 0) is 0 Å². The molecule has 0 aromatic heterocycles. The van der Waals surface area contributed by atoms with Crippen LogP contribution >= 0.6 is 0 Å². The van der Waals surface area contributed by atoms with Gasteiger partial charge in [0.1, 0.15) is 0 Å². The van der Waals surface area contributed by atoms with Crippen molar-refractivity contribution in [1.82, 2.24) is 9.20 Å². The van der Waals surface area contributed by atoms with Gasteiger partial charge in [0, 0.05) is 0 Å². The molecule has 1 rings (SSSR count). The average Bonchev–Trinajstić information content (AvgIpc) is 1.69. The summed E-state index contributed by atoms with van der Waals surface area (Å²) in [6.07, 6.45) is 0. The number of hydrogen-bond acceptors (Lipinski definition) is 2. The number of hydrogen-bond donors (Lipinski definition) is 1. The first-order chi connectivity index (χ1) is 3.39. The van der Waals surface area contributed by atoms with Gasteiger partial charge < -0.3 is 2.85 Å². The van der Waals surface area contributed by atoms with Crippen LogP contribution in [0.3, 0.4) is 0 Å². The normalized spacial score (nSPS) is 25.4. The molecule has 0 amide bonds. The summed E-state index contributed by atoms with van der Waals surface area (Å²) in [6, 6.07) is 0. The van der Waals surface area contributed by atoms with E-state index in [0.717, 1.165) is 13.1 Å². The molecule has 1 N–H and O–H groups in total. The maximum absolute atomic E-state index is 3.26. The van der Waals surface area contributed by atoms with E-state index in [-0.39, 0.29) is 2.85 Å². The van der Waals surface area contributed by atoms with E-state index in [4.69, 9.17) is 0 Å². The third kappa shape index (κ3) is 1.79. The Balaban J connectivity index is 0. The van der Waals surface area contributed by atoms with E-state index >= 15 is 0 Å². The largest absolute Gasteiger partial charge is 1.00 e. The molecule has 0 aromatic rings. The first-order valence-electron chi connectivity index (χ1n) is 2.60. The van der Waals surface area contributed by atoms with Crippen molar-refractivity contribution in [2.24, 2.45) is 0 Å². The summed E-state index contributed by atoms with van der Waals surface area (Å²) in [7, 11) is 0. The van der Waals surface area contributed by atoms with Crippen molar-refractivity contribution in [2.75, 3.05) is 26.2 Å². The number of rotatable bonds is 0. The minimum absolute atomic E-state index is 0. The van der Waals surface area contributed by atoms with Crippen molar-refractivity contribution in [3.63, 3.8) is 0 Å². The van der Waals surface area contributed by atoms with Crippen LogP contribution in [0, 0.1) is 0 Å². The smallest absolute Gasteiger partial charge is 1.00 e. The van der Waals surface area contributed by atoms with Crippen LogP contribution in [0.2, 0.25) is 0 Å². The molecule has 0 aliphatic carbocycles. The molecule has 1 aliphatic heterocycles. The van der Waals surface area contributed by atoms with E-state index in [1.165, 1.54) is 13.1 Å². The van der Waals surface area contributed by atoms with Crippen LogP contribution in [0.1, 0.15) is 2.85 Å². The van der Waals surface area contributed by atoms with Gasteiger partial charge in [-0.2, -0.15) is 0 Å². The molecule has 1 heterocycles. The van der Waals surface area contributed by atoms with E-state index in [2.05, 4.69) is 25.7 Å². The van der Waals surface area contributed by atoms with E-state index in [0.29, 0.717) is 0 Å². The molecule has 0 unspecified atom stereocenters. The number of piperazine rings is 1. The van der Waals surface area contributed by atoms with Crippen LogP contribution in [-0.2, 0) is 0 Å². The molecule has 1 fully saturated rings. The number of nitrogens with one attached hydrogen (secondary N) is 1. The molecule has 0 spiro atoms. The van der Waals surface area contributed by atoms with Gasteiger partial charge in [-0.25, -0.2) is 0 Å². The second-order valence-corrected chi connectivity index (χ2v) is 2.52. The molecule has 1 saturated heterocycles. The van der Waals surface area contributed by atoms with Crippen LogP contribution in [0.5, 0.6) is 0 Å². The van der Waals surface area contributed by atoms with Gasteiger partial charge >= 0.3 is 51.9 Å². The molecule has 0 radical (unpaired) electrons. The Morgan fingerprint density at radius 2 is 2.00 bits per heavy atom. The predicted octanol–water partition coefficient (Wildman–Crippen LogP) is -0.800. The van der Waals surface area contributed by atoms with E-state index < -0.39 is 0 Å². The molecule has 40 valence electrons. The second-order valence-electron chi connectivity index (χ2n) is 1.79. The van der Waals surface area contributed by atoms with Gasteiger partial charge in [0.15, 0.2) is 0 Å². The maximum atomic E-state index is 3.26. The molecule has 1 aliphatic rings. The Kier molecular flexibility index (Phi) is 2.14. The molecule has 3 heteroatoms. The average molecular weight is 114 g/mol. The van der Waals surface area contributed by atoms with Gasteiger partial charge in [-0.15, -0.1) is 0 Å². The Bertz CT molecular complexity index is 58.5. The fourth-order valence-electron chi connectivity index (χ4n) is 0.682. The monoisotopic (exact) mass is 114 g/mol. The third-order valence-electron chi connectivity index (χ3n) is 1.15. The quantitative estimate of drug-likeness (QED) is 0.415. The Hall–Kier alpha value is 0.452. The van der Waals surface area contributed by atoms with Crippen molar-refractivity contribution in [2.45, 2.75) is 0 Å². The van der Waals surface area contributed by atoms with Gasteiger partial charge in [-0.1, -0.05) is 0 Å².